The van der Waals surface area contributed by atoms with E-state index in [0.29, 0.717) is 13.0 Å². The summed E-state index contributed by atoms with van der Waals surface area (Å²) in [5, 5.41) is 2.94. The fourth-order valence-corrected chi connectivity index (χ4v) is 2.95. The number of rotatable bonds is 3. The number of hydrogen-bond donors (Lipinski definition) is 1. The molecule has 1 saturated carbocycles. The van der Waals surface area contributed by atoms with Crippen molar-refractivity contribution in [3.63, 3.8) is 0 Å². The number of amides is 3. The lowest BCUT2D eigenvalue weighted by atomic mass is 9.99. The van der Waals surface area contributed by atoms with Crippen LogP contribution >= 0.6 is 0 Å². The Hall–Kier alpha value is -1.91. The second kappa shape index (κ2) is 4.99. The summed E-state index contributed by atoms with van der Waals surface area (Å²) in [5.74, 6) is -0.0244. The molecule has 1 N–H and O–H groups in total. The van der Waals surface area contributed by atoms with Crippen molar-refractivity contribution in [2.45, 2.75) is 31.7 Å². The van der Waals surface area contributed by atoms with Crippen molar-refractivity contribution < 1.29 is 9.59 Å². The first-order valence-electron chi connectivity index (χ1n) is 6.77. The van der Waals surface area contributed by atoms with Crippen LogP contribution in [0.2, 0.25) is 0 Å². The summed E-state index contributed by atoms with van der Waals surface area (Å²) in [6, 6.07) is 5.49. The van der Waals surface area contributed by atoms with Gasteiger partial charge in [0.2, 0.25) is 5.91 Å². The second-order valence-corrected chi connectivity index (χ2v) is 5.15. The normalized spacial score (nSPS) is 26.2. The average molecular weight is 259 g/mol. The third-order valence-electron chi connectivity index (χ3n) is 3.97. The highest BCUT2D eigenvalue weighted by molar-refractivity contribution is 5.98. The van der Waals surface area contributed by atoms with Gasteiger partial charge in [-0.1, -0.05) is 12.5 Å². The molecule has 1 aliphatic heterocycles. The lowest BCUT2D eigenvalue weighted by molar-refractivity contribution is -0.134. The predicted octanol–water partition coefficient (Wildman–Crippen LogP) is 1.34. The van der Waals surface area contributed by atoms with Crippen molar-refractivity contribution in [3.05, 3.63) is 30.1 Å². The van der Waals surface area contributed by atoms with E-state index in [9.17, 15) is 9.59 Å². The molecule has 0 bridgehead atoms. The molecule has 100 valence electrons. The summed E-state index contributed by atoms with van der Waals surface area (Å²) in [7, 11) is 0. The van der Waals surface area contributed by atoms with Crippen LogP contribution in [0.15, 0.2) is 24.4 Å². The summed E-state index contributed by atoms with van der Waals surface area (Å²) in [6.45, 7) is 0.408. The van der Waals surface area contributed by atoms with Crippen LogP contribution in [-0.4, -0.2) is 34.4 Å². The van der Waals surface area contributed by atoms with E-state index in [1.165, 1.54) is 4.90 Å². The van der Waals surface area contributed by atoms with Crippen molar-refractivity contribution in [2.75, 3.05) is 6.54 Å². The van der Waals surface area contributed by atoms with Gasteiger partial charge in [0.05, 0.1) is 5.92 Å². The van der Waals surface area contributed by atoms with E-state index < -0.39 is 0 Å². The number of aromatic nitrogens is 1. The molecule has 5 heteroatoms. The quantitative estimate of drug-likeness (QED) is 0.891. The Kier molecular flexibility index (Phi) is 3.19. The number of nitrogens with one attached hydrogen (secondary N) is 1. The molecule has 3 rings (SSSR count). The highest BCUT2D eigenvalue weighted by Crippen LogP contribution is 2.30. The molecule has 1 aliphatic carbocycles. The van der Waals surface area contributed by atoms with Crippen LogP contribution in [-0.2, 0) is 11.2 Å². The molecular weight excluding hydrogens is 242 g/mol. The van der Waals surface area contributed by atoms with Gasteiger partial charge in [-0.3, -0.25) is 14.7 Å². The van der Waals surface area contributed by atoms with Gasteiger partial charge in [0.1, 0.15) is 0 Å². The predicted molar refractivity (Wildman–Crippen MR) is 69.3 cm³/mol. The summed E-state index contributed by atoms with van der Waals surface area (Å²) >= 11 is 0. The smallest absolute Gasteiger partial charge is 0.324 e. The molecule has 5 nitrogen and oxygen atoms in total. The molecule has 0 unspecified atom stereocenters. The highest BCUT2D eigenvalue weighted by Gasteiger charge is 2.43. The molecule has 0 radical (unpaired) electrons. The van der Waals surface area contributed by atoms with Gasteiger partial charge in [0.15, 0.2) is 0 Å². The first-order valence-corrected chi connectivity index (χ1v) is 6.77. The monoisotopic (exact) mass is 259 g/mol. The third kappa shape index (κ3) is 2.32. The van der Waals surface area contributed by atoms with Crippen LogP contribution in [0.1, 0.15) is 25.0 Å². The van der Waals surface area contributed by atoms with Crippen LogP contribution in [0.3, 0.4) is 0 Å². The molecule has 0 aromatic carbocycles. The zero-order valence-corrected chi connectivity index (χ0v) is 10.7. The maximum Gasteiger partial charge on any atom is 0.324 e. The van der Waals surface area contributed by atoms with Crippen LogP contribution in [0, 0.1) is 5.92 Å². The zero-order chi connectivity index (χ0) is 13.2. The van der Waals surface area contributed by atoms with Gasteiger partial charge in [-0.15, -0.1) is 0 Å². The first kappa shape index (κ1) is 12.1. The summed E-state index contributed by atoms with van der Waals surface area (Å²) in [6.07, 6.45) is 5.17. The van der Waals surface area contributed by atoms with Crippen molar-refractivity contribution >= 4 is 11.9 Å². The van der Waals surface area contributed by atoms with E-state index in [4.69, 9.17) is 0 Å². The number of carbonyl (C=O) groups excluding carboxylic acids is 2. The lowest BCUT2D eigenvalue weighted by Crippen LogP contribution is -2.58. The Morgan fingerprint density at radius 2 is 2.21 bits per heavy atom. The summed E-state index contributed by atoms with van der Waals surface area (Å²) in [5.41, 5.74) is 0.900. The molecule has 2 fully saturated rings. The van der Waals surface area contributed by atoms with Crippen LogP contribution < -0.4 is 5.32 Å². The Morgan fingerprint density at radius 1 is 1.32 bits per heavy atom. The van der Waals surface area contributed by atoms with Gasteiger partial charge in [0, 0.05) is 30.9 Å². The molecule has 2 atom stereocenters. The molecule has 2 heterocycles. The molecule has 1 aromatic rings. The molecular formula is C14H17N3O2. The number of urea groups is 1. The standard InChI is InChI=1S/C14H17N3O2/c18-13-11-5-3-6-12(11)16-14(19)17(13)9-7-10-4-1-2-8-15-10/h1-2,4,8,11-12H,3,5-7,9H2,(H,16,19)/t11-,12+/m1/s1. The zero-order valence-electron chi connectivity index (χ0n) is 10.7. The van der Waals surface area contributed by atoms with E-state index in [2.05, 4.69) is 10.3 Å². The molecule has 19 heavy (non-hydrogen) atoms. The SMILES string of the molecule is O=C1N[C@H]2CCC[C@H]2C(=O)N1CCc1ccccn1. The van der Waals surface area contributed by atoms with Crippen LogP contribution in [0.25, 0.3) is 0 Å². The van der Waals surface area contributed by atoms with Gasteiger partial charge in [-0.25, -0.2) is 4.79 Å². The number of imide groups is 1. The number of carbonyl (C=O) groups is 2. The number of fused-ring (bicyclic) bond motifs is 1. The van der Waals surface area contributed by atoms with Gasteiger partial charge >= 0.3 is 6.03 Å². The maximum absolute atomic E-state index is 12.3. The van der Waals surface area contributed by atoms with Crippen molar-refractivity contribution in [1.82, 2.24) is 15.2 Å². The third-order valence-corrected chi connectivity index (χ3v) is 3.97. The fourth-order valence-electron chi connectivity index (χ4n) is 2.95. The van der Waals surface area contributed by atoms with Crippen LogP contribution in [0.4, 0.5) is 4.79 Å². The lowest BCUT2D eigenvalue weighted by Gasteiger charge is -2.33. The minimum Gasteiger partial charge on any atom is -0.334 e. The highest BCUT2D eigenvalue weighted by atomic mass is 16.2. The largest absolute Gasteiger partial charge is 0.334 e. The number of nitrogens with zero attached hydrogens (tertiary/aromatic N) is 2. The summed E-state index contributed by atoms with van der Waals surface area (Å²) in [4.78, 5) is 29.8. The number of hydrogen-bond acceptors (Lipinski definition) is 3. The maximum atomic E-state index is 12.3. The van der Waals surface area contributed by atoms with Gasteiger partial charge in [-0.05, 0) is 25.0 Å². The Bertz CT molecular complexity index is 489. The topological polar surface area (TPSA) is 62.3 Å². The fraction of sp³-hybridized carbons (Fsp3) is 0.500. The van der Waals surface area contributed by atoms with E-state index in [1.54, 1.807) is 6.20 Å². The van der Waals surface area contributed by atoms with Crippen molar-refractivity contribution in [1.29, 1.82) is 0 Å². The van der Waals surface area contributed by atoms with Crippen LogP contribution in [0.5, 0.6) is 0 Å². The number of pyridine rings is 1. The van der Waals surface area contributed by atoms with E-state index in [1.807, 2.05) is 18.2 Å². The van der Waals surface area contributed by atoms with Gasteiger partial charge in [0.25, 0.3) is 0 Å². The summed E-state index contributed by atoms with van der Waals surface area (Å²) < 4.78 is 0. The van der Waals surface area contributed by atoms with Crippen molar-refractivity contribution in [3.8, 4) is 0 Å². The first-order chi connectivity index (χ1) is 9.25. The second-order valence-electron chi connectivity index (χ2n) is 5.15. The molecule has 1 saturated heterocycles. The minimum atomic E-state index is -0.246. The Labute approximate surface area is 112 Å². The minimum absolute atomic E-state index is 0.0119. The molecule has 1 aromatic heterocycles. The Balaban J connectivity index is 1.66. The molecule has 3 amide bonds. The molecule has 0 spiro atoms. The Morgan fingerprint density at radius 3 is 3.00 bits per heavy atom. The van der Waals surface area contributed by atoms with E-state index >= 15 is 0 Å². The van der Waals surface area contributed by atoms with E-state index in [0.717, 1.165) is 25.0 Å². The van der Waals surface area contributed by atoms with Gasteiger partial charge in [-0.2, -0.15) is 0 Å². The average Bonchev–Trinajstić information content (AvgIpc) is 2.88. The van der Waals surface area contributed by atoms with E-state index in [-0.39, 0.29) is 23.9 Å². The van der Waals surface area contributed by atoms with Gasteiger partial charge < -0.3 is 5.32 Å². The van der Waals surface area contributed by atoms with Crippen molar-refractivity contribution in [2.24, 2.45) is 5.92 Å². The molecule has 2 aliphatic rings.